The highest BCUT2D eigenvalue weighted by molar-refractivity contribution is 8.00. The van der Waals surface area contributed by atoms with E-state index in [1.165, 1.54) is 55.0 Å². The Balaban J connectivity index is 0.960. The number of dihydropyridines is 1. The summed E-state index contributed by atoms with van der Waals surface area (Å²) in [6.45, 7) is 0. The number of hydrogen-bond acceptors (Lipinski definition) is 7. The van der Waals surface area contributed by atoms with Crippen molar-refractivity contribution in [2.24, 2.45) is 10.9 Å². The third-order valence-corrected chi connectivity index (χ3v) is 15.4. The average Bonchev–Trinajstić information content (AvgIpc) is 3.72. The largest absolute Gasteiger partial charge is 0.273 e. The van der Waals surface area contributed by atoms with Gasteiger partial charge < -0.3 is 0 Å². The van der Waals surface area contributed by atoms with Crippen LogP contribution in [0.3, 0.4) is 0 Å². The van der Waals surface area contributed by atoms with Gasteiger partial charge in [-0.25, -0.2) is 15.0 Å². The highest BCUT2D eigenvalue weighted by Crippen LogP contribution is 2.66. The number of hydrogen-bond donors (Lipinski definition) is 0. The van der Waals surface area contributed by atoms with E-state index in [9.17, 15) is 0 Å². The Labute approximate surface area is 399 Å². The van der Waals surface area contributed by atoms with Crippen LogP contribution in [0.15, 0.2) is 235 Å². The minimum atomic E-state index is -0.454. The SMILES string of the molecule is C1=CC2C(Sc3c(C4=CC(c5ccccn5)=NC(c5ccccn5)C4)cccc3C23c2ccccc2-c2ccccc23)C(c2ccc(-c3nc(-c4ccccc4)nc(-c4ccccc4)n3)cc2)=C1. The predicted molar refractivity (Wildman–Crippen MR) is 275 cm³/mol. The molecule has 68 heavy (non-hydrogen) atoms. The van der Waals surface area contributed by atoms with Crippen molar-refractivity contribution in [1.82, 2.24) is 24.9 Å². The molecule has 0 fully saturated rings. The number of benzene rings is 6. The number of pyridine rings is 2. The molecule has 0 N–H and O–H groups in total. The Morgan fingerprint density at radius 1 is 0.485 bits per heavy atom. The molecule has 6 aromatic carbocycles. The van der Waals surface area contributed by atoms with Gasteiger partial charge in [-0.3, -0.25) is 15.0 Å². The van der Waals surface area contributed by atoms with E-state index in [0.717, 1.165) is 40.2 Å². The van der Waals surface area contributed by atoms with Crippen molar-refractivity contribution in [3.63, 3.8) is 0 Å². The van der Waals surface area contributed by atoms with E-state index in [-0.39, 0.29) is 17.2 Å². The summed E-state index contributed by atoms with van der Waals surface area (Å²) >= 11 is 2.00. The quantitative estimate of drug-likeness (QED) is 0.159. The van der Waals surface area contributed by atoms with Gasteiger partial charge in [0, 0.05) is 51.6 Å². The minimum Gasteiger partial charge on any atom is -0.273 e. The highest BCUT2D eigenvalue weighted by atomic mass is 32.2. The van der Waals surface area contributed by atoms with Crippen LogP contribution in [0.4, 0.5) is 0 Å². The lowest BCUT2D eigenvalue weighted by molar-refractivity contribution is 0.453. The first-order chi connectivity index (χ1) is 33.7. The van der Waals surface area contributed by atoms with Gasteiger partial charge in [0.15, 0.2) is 17.5 Å². The molecule has 0 amide bonds. The first-order valence-electron chi connectivity index (χ1n) is 23.2. The van der Waals surface area contributed by atoms with Crippen molar-refractivity contribution < 1.29 is 0 Å². The van der Waals surface area contributed by atoms with Gasteiger partial charge in [0.25, 0.3) is 0 Å². The number of fused-ring (bicyclic) bond motifs is 9. The maximum absolute atomic E-state index is 5.30. The van der Waals surface area contributed by atoms with Crippen molar-refractivity contribution in [2.45, 2.75) is 28.0 Å². The second-order valence-electron chi connectivity index (χ2n) is 17.6. The Hall–Kier alpha value is -8.13. The highest BCUT2D eigenvalue weighted by Gasteiger charge is 2.56. The summed E-state index contributed by atoms with van der Waals surface area (Å²) in [6, 6.07) is 66.4. The van der Waals surface area contributed by atoms with E-state index < -0.39 is 5.41 Å². The smallest absolute Gasteiger partial charge is 0.164 e. The van der Waals surface area contributed by atoms with Crippen LogP contribution in [-0.4, -0.2) is 35.9 Å². The molecule has 0 bridgehead atoms. The van der Waals surface area contributed by atoms with Crippen LogP contribution in [0, 0.1) is 5.92 Å². The van der Waals surface area contributed by atoms with Crippen LogP contribution >= 0.6 is 11.8 Å². The Morgan fingerprint density at radius 3 is 1.68 bits per heavy atom. The number of aromatic nitrogens is 5. The monoisotopic (exact) mass is 890 g/mol. The van der Waals surface area contributed by atoms with Crippen molar-refractivity contribution in [2.75, 3.05) is 0 Å². The zero-order valence-corrected chi connectivity index (χ0v) is 37.7. The molecule has 13 rings (SSSR count). The fourth-order valence-corrected chi connectivity index (χ4v) is 12.6. The summed E-state index contributed by atoms with van der Waals surface area (Å²) in [4.78, 5) is 31.3. The third kappa shape index (κ3) is 6.64. The summed E-state index contributed by atoms with van der Waals surface area (Å²) in [5, 5.41) is 0.0740. The number of thioether (sulfide) groups is 1. The van der Waals surface area contributed by atoms with E-state index in [2.05, 4.69) is 133 Å². The minimum absolute atomic E-state index is 0.0740. The molecule has 7 heteroatoms. The van der Waals surface area contributed by atoms with Gasteiger partial charge in [0.1, 0.15) is 0 Å². The topological polar surface area (TPSA) is 76.8 Å². The van der Waals surface area contributed by atoms with E-state index in [4.69, 9.17) is 29.9 Å². The number of nitrogens with zero attached hydrogens (tertiary/aromatic N) is 6. The maximum atomic E-state index is 5.30. The fourth-order valence-electron chi connectivity index (χ4n) is 10.9. The number of aliphatic imine (C=N–C) groups is 1. The summed E-state index contributed by atoms with van der Waals surface area (Å²) < 4.78 is 0. The molecule has 0 radical (unpaired) electrons. The van der Waals surface area contributed by atoms with Gasteiger partial charge in [-0.1, -0.05) is 182 Å². The molecule has 322 valence electrons. The van der Waals surface area contributed by atoms with Crippen molar-refractivity contribution in [3.05, 3.63) is 264 Å². The van der Waals surface area contributed by atoms with Gasteiger partial charge in [-0.2, -0.15) is 0 Å². The van der Waals surface area contributed by atoms with E-state index in [1.54, 1.807) is 0 Å². The van der Waals surface area contributed by atoms with Crippen LogP contribution in [0.5, 0.6) is 0 Å². The Kier molecular flexibility index (Phi) is 9.83. The molecule has 9 aromatic rings. The molecular formula is C61H42N6S. The van der Waals surface area contributed by atoms with Gasteiger partial charge in [-0.05, 0) is 80.4 Å². The summed E-state index contributed by atoms with van der Waals surface area (Å²) in [7, 11) is 0. The molecule has 6 nitrogen and oxygen atoms in total. The molecule has 4 aliphatic rings. The second kappa shape index (κ2) is 16.6. The van der Waals surface area contributed by atoms with Gasteiger partial charge in [0.2, 0.25) is 0 Å². The summed E-state index contributed by atoms with van der Waals surface area (Å²) in [5.74, 6) is 2.05. The molecule has 2 aliphatic carbocycles. The standard InChI is InChI=1S/C61H42N6S/c1-3-17-40(18-4-1)58-65-59(41-19-5-2-6-20-41)67-60(66-58)42-33-31-39(32-34-42)44-23-15-27-50-56(44)68-57-45(43-37-54(52-29-11-13-35-62-52)64-55(38-43)53-30-12-14-36-63-53)24-16-28-51(57)61(50)48-25-9-7-21-46(48)47-22-8-10-26-49(47)61/h1-37,50,55-56H,38H2. The molecular weight excluding hydrogens is 849 g/mol. The van der Waals surface area contributed by atoms with Crippen molar-refractivity contribution in [3.8, 4) is 45.3 Å². The fraction of sp³-hybridized carbons (Fsp3) is 0.0820. The van der Waals surface area contributed by atoms with E-state index in [1.807, 2.05) is 103 Å². The number of allylic oxidation sites excluding steroid dienone is 4. The van der Waals surface area contributed by atoms with Crippen LogP contribution in [0.2, 0.25) is 0 Å². The van der Waals surface area contributed by atoms with Crippen LogP contribution < -0.4 is 0 Å². The van der Waals surface area contributed by atoms with Crippen molar-refractivity contribution >= 4 is 28.6 Å². The van der Waals surface area contributed by atoms with Crippen LogP contribution in [0.25, 0.3) is 56.4 Å². The van der Waals surface area contributed by atoms with Crippen LogP contribution in [0.1, 0.15) is 51.7 Å². The normalized spacial score (nSPS) is 18.4. The van der Waals surface area contributed by atoms with Gasteiger partial charge in [0.05, 0.1) is 28.6 Å². The zero-order chi connectivity index (χ0) is 45.0. The van der Waals surface area contributed by atoms with Gasteiger partial charge in [-0.15, -0.1) is 11.8 Å². The summed E-state index contributed by atoms with van der Waals surface area (Å²) in [6.07, 6.45) is 13.8. The van der Waals surface area contributed by atoms with Crippen molar-refractivity contribution in [1.29, 1.82) is 0 Å². The maximum Gasteiger partial charge on any atom is 0.164 e. The summed E-state index contributed by atoms with van der Waals surface area (Å²) in [5.41, 5.74) is 16.7. The molecule has 5 heterocycles. The van der Waals surface area contributed by atoms with Crippen LogP contribution in [-0.2, 0) is 5.41 Å². The van der Waals surface area contributed by atoms with E-state index in [0.29, 0.717) is 17.5 Å². The average molecular weight is 891 g/mol. The molecule has 0 saturated heterocycles. The molecule has 2 aliphatic heterocycles. The van der Waals surface area contributed by atoms with E-state index >= 15 is 0 Å². The molecule has 3 unspecified atom stereocenters. The second-order valence-corrected chi connectivity index (χ2v) is 18.8. The molecule has 3 aromatic heterocycles. The lowest BCUT2D eigenvalue weighted by Gasteiger charge is -2.49. The first kappa shape index (κ1) is 40.2. The molecule has 3 atom stereocenters. The molecule has 1 spiro atoms. The Bertz CT molecular complexity index is 3410. The lowest BCUT2D eigenvalue weighted by atomic mass is 9.60. The first-order valence-corrected chi connectivity index (χ1v) is 24.1. The predicted octanol–water partition coefficient (Wildman–Crippen LogP) is 13.7. The Morgan fingerprint density at radius 2 is 1.04 bits per heavy atom. The molecule has 0 saturated carbocycles. The number of rotatable bonds is 7. The lowest BCUT2D eigenvalue weighted by Crippen LogP contribution is -2.45. The van der Waals surface area contributed by atoms with Gasteiger partial charge >= 0.3 is 0 Å². The third-order valence-electron chi connectivity index (χ3n) is 13.9. The zero-order valence-electron chi connectivity index (χ0n) is 36.9.